The molecule has 0 radical (unpaired) electrons. The lowest BCUT2D eigenvalue weighted by Crippen LogP contribution is -2.13. The molecule has 5 nitrogen and oxygen atoms in total. The maximum absolute atomic E-state index is 12.1. The Morgan fingerprint density at radius 1 is 1.26 bits per heavy atom. The summed E-state index contributed by atoms with van der Waals surface area (Å²) in [6, 6.07) is 9.53. The minimum absolute atomic E-state index is 0.111. The third-order valence-corrected chi connectivity index (χ3v) is 3.93. The van der Waals surface area contributed by atoms with Gasteiger partial charge in [0.2, 0.25) is 0 Å². The number of hydrogen-bond donors (Lipinski definition) is 2. The van der Waals surface area contributed by atoms with Gasteiger partial charge in [-0.3, -0.25) is 9.71 Å². The molecule has 2 aromatic rings. The van der Waals surface area contributed by atoms with Crippen LogP contribution in [0.3, 0.4) is 0 Å². The van der Waals surface area contributed by atoms with Gasteiger partial charge in [0.25, 0.3) is 10.0 Å². The number of aliphatic hydroxyl groups excluding tert-OH is 1. The zero-order chi connectivity index (χ0) is 13.9. The minimum Gasteiger partial charge on any atom is -0.392 e. The summed E-state index contributed by atoms with van der Waals surface area (Å²) in [6.45, 7) is 1.62. The van der Waals surface area contributed by atoms with E-state index in [0.29, 0.717) is 11.3 Å². The number of benzene rings is 1. The van der Waals surface area contributed by atoms with E-state index in [-0.39, 0.29) is 11.5 Å². The van der Waals surface area contributed by atoms with E-state index in [9.17, 15) is 8.42 Å². The second kappa shape index (κ2) is 5.38. The summed E-state index contributed by atoms with van der Waals surface area (Å²) < 4.78 is 26.7. The summed E-state index contributed by atoms with van der Waals surface area (Å²) in [7, 11) is -3.66. The van der Waals surface area contributed by atoms with Crippen molar-refractivity contribution in [1.82, 2.24) is 4.98 Å². The van der Waals surface area contributed by atoms with Crippen LogP contribution in [0.15, 0.2) is 47.5 Å². The zero-order valence-corrected chi connectivity index (χ0v) is 11.2. The highest BCUT2D eigenvalue weighted by molar-refractivity contribution is 7.92. The Labute approximate surface area is 112 Å². The van der Waals surface area contributed by atoms with Crippen LogP contribution in [-0.4, -0.2) is 18.5 Å². The molecule has 1 aromatic carbocycles. The first-order chi connectivity index (χ1) is 9.01. The van der Waals surface area contributed by atoms with Crippen LogP contribution in [0.2, 0.25) is 0 Å². The summed E-state index contributed by atoms with van der Waals surface area (Å²) in [5, 5.41) is 9.02. The number of anilines is 1. The van der Waals surface area contributed by atoms with E-state index in [1.165, 1.54) is 18.3 Å². The Hall–Kier alpha value is -1.92. The predicted molar refractivity (Wildman–Crippen MR) is 72.1 cm³/mol. The number of hydrogen-bond acceptors (Lipinski definition) is 4. The van der Waals surface area contributed by atoms with Crippen molar-refractivity contribution in [3.8, 4) is 0 Å². The summed E-state index contributed by atoms with van der Waals surface area (Å²) in [5.74, 6) is 0. The van der Waals surface area contributed by atoms with Crippen molar-refractivity contribution in [2.24, 2.45) is 0 Å². The highest BCUT2D eigenvalue weighted by Crippen LogP contribution is 2.16. The van der Waals surface area contributed by atoms with Crippen molar-refractivity contribution in [2.45, 2.75) is 18.4 Å². The van der Waals surface area contributed by atoms with Crippen LogP contribution in [0.25, 0.3) is 0 Å². The van der Waals surface area contributed by atoms with Crippen molar-refractivity contribution in [1.29, 1.82) is 0 Å². The van der Waals surface area contributed by atoms with Crippen LogP contribution in [0.5, 0.6) is 0 Å². The second-order valence-electron chi connectivity index (χ2n) is 4.10. The molecule has 0 amide bonds. The topological polar surface area (TPSA) is 79.3 Å². The minimum atomic E-state index is -3.66. The molecule has 0 aliphatic rings. The predicted octanol–water partition coefficient (Wildman–Crippen LogP) is 1.68. The SMILES string of the molecule is Cc1ccc(NS(=O)(=O)c2cccc(CO)c2)cn1. The molecular formula is C13H14N2O3S. The second-order valence-corrected chi connectivity index (χ2v) is 5.78. The first kappa shape index (κ1) is 13.5. The highest BCUT2D eigenvalue weighted by Gasteiger charge is 2.14. The molecule has 1 aromatic heterocycles. The normalized spacial score (nSPS) is 11.3. The molecule has 0 saturated heterocycles. The van der Waals surface area contributed by atoms with Crippen LogP contribution in [0, 0.1) is 6.92 Å². The molecule has 0 saturated carbocycles. The maximum atomic E-state index is 12.1. The van der Waals surface area contributed by atoms with Crippen molar-refractivity contribution in [3.63, 3.8) is 0 Å². The monoisotopic (exact) mass is 278 g/mol. The summed E-state index contributed by atoms with van der Waals surface area (Å²) in [6.07, 6.45) is 1.46. The number of aliphatic hydroxyl groups is 1. The van der Waals surface area contributed by atoms with Gasteiger partial charge in [-0.25, -0.2) is 8.42 Å². The quantitative estimate of drug-likeness (QED) is 0.892. The van der Waals surface area contributed by atoms with E-state index >= 15 is 0 Å². The van der Waals surface area contributed by atoms with Gasteiger partial charge < -0.3 is 5.11 Å². The Kier molecular flexibility index (Phi) is 3.82. The van der Waals surface area contributed by atoms with E-state index in [0.717, 1.165) is 5.69 Å². The number of nitrogens with one attached hydrogen (secondary N) is 1. The lowest BCUT2D eigenvalue weighted by molar-refractivity contribution is 0.281. The van der Waals surface area contributed by atoms with Gasteiger partial charge in [-0.1, -0.05) is 12.1 Å². The molecule has 19 heavy (non-hydrogen) atoms. The molecule has 0 fully saturated rings. The number of sulfonamides is 1. The molecule has 0 aliphatic carbocycles. The first-order valence-corrected chi connectivity index (χ1v) is 7.15. The third kappa shape index (κ3) is 3.30. The fourth-order valence-electron chi connectivity index (χ4n) is 1.55. The van der Waals surface area contributed by atoms with Crippen molar-refractivity contribution in [2.75, 3.05) is 4.72 Å². The number of aromatic nitrogens is 1. The van der Waals surface area contributed by atoms with Crippen molar-refractivity contribution in [3.05, 3.63) is 53.9 Å². The highest BCUT2D eigenvalue weighted by atomic mass is 32.2. The standard InChI is InChI=1S/C13H14N2O3S/c1-10-5-6-12(8-14-10)15-19(17,18)13-4-2-3-11(7-13)9-16/h2-8,15-16H,9H2,1H3. The van der Waals surface area contributed by atoms with E-state index in [4.69, 9.17) is 5.11 Å². The Balaban J connectivity index is 2.29. The Bertz CT molecular complexity index is 667. The first-order valence-electron chi connectivity index (χ1n) is 5.66. The van der Waals surface area contributed by atoms with Gasteiger partial charge in [0, 0.05) is 5.69 Å². The van der Waals surface area contributed by atoms with Gasteiger partial charge in [0.15, 0.2) is 0 Å². The fraction of sp³-hybridized carbons (Fsp3) is 0.154. The molecular weight excluding hydrogens is 264 g/mol. The lowest BCUT2D eigenvalue weighted by atomic mass is 10.2. The van der Waals surface area contributed by atoms with Gasteiger partial charge in [0.1, 0.15) is 0 Å². The summed E-state index contributed by atoms with van der Waals surface area (Å²) in [4.78, 5) is 4.13. The smallest absolute Gasteiger partial charge is 0.261 e. The van der Waals surface area contributed by atoms with Gasteiger partial charge in [-0.2, -0.15) is 0 Å². The molecule has 0 bridgehead atoms. The van der Waals surface area contributed by atoms with Crippen LogP contribution in [-0.2, 0) is 16.6 Å². The largest absolute Gasteiger partial charge is 0.392 e. The fourth-order valence-corrected chi connectivity index (χ4v) is 2.67. The van der Waals surface area contributed by atoms with E-state index in [1.54, 1.807) is 24.3 Å². The average molecular weight is 278 g/mol. The average Bonchev–Trinajstić information content (AvgIpc) is 2.41. The number of nitrogens with zero attached hydrogens (tertiary/aromatic N) is 1. The number of aryl methyl sites for hydroxylation is 1. The molecule has 1 heterocycles. The molecule has 2 N–H and O–H groups in total. The van der Waals surface area contributed by atoms with Crippen molar-refractivity contribution >= 4 is 15.7 Å². The third-order valence-electron chi connectivity index (χ3n) is 2.55. The maximum Gasteiger partial charge on any atom is 0.261 e. The molecule has 0 spiro atoms. The number of pyridine rings is 1. The van der Waals surface area contributed by atoms with Gasteiger partial charge in [-0.15, -0.1) is 0 Å². The molecule has 2 rings (SSSR count). The number of rotatable bonds is 4. The van der Waals surface area contributed by atoms with Crippen molar-refractivity contribution < 1.29 is 13.5 Å². The van der Waals surface area contributed by atoms with E-state index in [2.05, 4.69) is 9.71 Å². The molecule has 6 heteroatoms. The summed E-state index contributed by atoms with van der Waals surface area (Å²) >= 11 is 0. The van der Waals surface area contributed by atoms with Gasteiger partial charge in [0.05, 0.1) is 23.4 Å². The van der Waals surface area contributed by atoms with E-state index < -0.39 is 10.0 Å². The van der Waals surface area contributed by atoms with Crippen LogP contribution in [0.1, 0.15) is 11.3 Å². The van der Waals surface area contributed by atoms with Gasteiger partial charge >= 0.3 is 0 Å². The molecule has 0 unspecified atom stereocenters. The molecule has 0 atom stereocenters. The lowest BCUT2D eigenvalue weighted by Gasteiger charge is -2.08. The molecule has 0 aliphatic heterocycles. The van der Waals surface area contributed by atoms with Gasteiger partial charge in [-0.05, 0) is 36.8 Å². The molecule has 100 valence electrons. The Morgan fingerprint density at radius 2 is 2.05 bits per heavy atom. The van der Waals surface area contributed by atoms with Crippen LogP contribution < -0.4 is 4.72 Å². The Morgan fingerprint density at radius 3 is 2.68 bits per heavy atom. The van der Waals surface area contributed by atoms with Crippen LogP contribution in [0.4, 0.5) is 5.69 Å². The zero-order valence-electron chi connectivity index (χ0n) is 10.4. The summed E-state index contributed by atoms with van der Waals surface area (Å²) in [5.41, 5.74) is 1.76. The van der Waals surface area contributed by atoms with E-state index in [1.807, 2.05) is 6.92 Å². The van der Waals surface area contributed by atoms with Crippen LogP contribution >= 0.6 is 0 Å².